The van der Waals surface area contributed by atoms with Crippen LogP contribution in [0.4, 0.5) is 0 Å². The summed E-state index contributed by atoms with van der Waals surface area (Å²) in [5.74, 6) is -0.677. The number of rotatable bonds is 8. The summed E-state index contributed by atoms with van der Waals surface area (Å²) < 4.78 is 32.3. The fourth-order valence-electron chi connectivity index (χ4n) is 2.17. The highest BCUT2D eigenvalue weighted by Crippen LogP contribution is 2.16. The Labute approximate surface area is 141 Å². The molecule has 0 saturated carbocycles. The molecular formula is C17H19NO5S. The number of hydrogen-bond donors (Lipinski definition) is 2. The number of carboxylic acid groups (broad SMARTS) is 1. The molecule has 2 aromatic rings. The minimum absolute atomic E-state index is 0.00901. The molecule has 0 bridgehead atoms. The summed E-state index contributed by atoms with van der Waals surface area (Å²) in [7, 11) is -3.94. The van der Waals surface area contributed by atoms with Crippen LogP contribution in [0.5, 0.6) is 5.75 Å². The van der Waals surface area contributed by atoms with E-state index < -0.39 is 22.0 Å². The summed E-state index contributed by atoms with van der Waals surface area (Å²) in [5, 5.41) is 9.31. The molecule has 0 unspecified atom stereocenters. The number of hydrogen-bond acceptors (Lipinski definition) is 4. The van der Waals surface area contributed by atoms with Crippen molar-refractivity contribution in [2.24, 2.45) is 0 Å². The Hall–Kier alpha value is -2.38. The van der Waals surface area contributed by atoms with E-state index in [-0.39, 0.29) is 11.3 Å². The molecule has 0 aliphatic carbocycles. The number of carboxylic acids is 1. The first-order chi connectivity index (χ1) is 11.4. The fraction of sp³-hybridized carbons (Fsp3) is 0.235. The van der Waals surface area contributed by atoms with Crippen LogP contribution in [-0.4, -0.2) is 32.1 Å². The van der Waals surface area contributed by atoms with Gasteiger partial charge in [-0.3, -0.25) is 4.79 Å². The molecule has 128 valence electrons. The molecule has 0 heterocycles. The quantitative estimate of drug-likeness (QED) is 0.761. The maximum atomic E-state index is 12.4. The van der Waals surface area contributed by atoms with Crippen molar-refractivity contribution in [3.63, 3.8) is 0 Å². The fourth-order valence-corrected chi connectivity index (χ4v) is 3.36. The van der Waals surface area contributed by atoms with E-state index in [0.29, 0.717) is 12.4 Å². The zero-order valence-corrected chi connectivity index (χ0v) is 14.0. The van der Waals surface area contributed by atoms with Gasteiger partial charge in [-0.15, -0.1) is 0 Å². The van der Waals surface area contributed by atoms with E-state index >= 15 is 0 Å². The second-order valence-electron chi connectivity index (χ2n) is 5.11. The van der Waals surface area contributed by atoms with E-state index in [1.54, 1.807) is 24.3 Å². The minimum Gasteiger partial charge on any atom is -0.494 e. The molecular weight excluding hydrogens is 330 g/mol. The van der Waals surface area contributed by atoms with E-state index in [4.69, 9.17) is 4.74 Å². The highest BCUT2D eigenvalue weighted by Gasteiger charge is 2.25. The van der Waals surface area contributed by atoms with E-state index in [0.717, 1.165) is 5.56 Å². The van der Waals surface area contributed by atoms with Crippen molar-refractivity contribution in [3.05, 3.63) is 60.2 Å². The summed E-state index contributed by atoms with van der Waals surface area (Å²) >= 11 is 0. The molecule has 0 spiro atoms. The predicted octanol–water partition coefficient (Wildman–Crippen LogP) is 2.06. The normalized spacial score (nSPS) is 12.5. The standard InChI is InChI=1S/C17H19NO5S/c1-2-23-14-8-10-15(11-9-14)24(21,22)18-16(17(19)20)12-13-6-4-3-5-7-13/h3-11,16,18H,2,12H2,1H3,(H,19,20)/t16-/m1/s1. The number of sulfonamides is 1. The molecule has 6 nitrogen and oxygen atoms in total. The Morgan fingerprint density at radius 1 is 1.12 bits per heavy atom. The lowest BCUT2D eigenvalue weighted by Gasteiger charge is -2.15. The van der Waals surface area contributed by atoms with Crippen LogP contribution < -0.4 is 9.46 Å². The van der Waals surface area contributed by atoms with Crippen molar-refractivity contribution >= 4 is 16.0 Å². The predicted molar refractivity (Wildman–Crippen MR) is 89.5 cm³/mol. The van der Waals surface area contributed by atoms with Gasteiger partial charge >= 0.3 is 5.97 Å². The van der Waals surface area contributed by atoms with Gasteiger partial charge in [-0.1, -0.05) is 30.3 Å². The molecule has 0 aliphatic heterocycles. The van der Waals surface area contributed by atoms with E-state index in [1.807, 2.05) is 13.0 Å². The Kier molecular flexibility index (Phi) is 5.94. The van der Waals surface area contributed by atoms with Gasteiger partial charge in [-0.2, -0.15) is 4.72 Å². The maximum absolute atomic E-state index is 12.4. The molecule has 2 N–H and O–H groups in total. The zero-order chi connectivity index (χ0) is 17.6. The summed E-state index contributed by atoms with van der Waals surface area (Å²) in [4.78, 5) is 11.4. The van der Waals surface area contributed by atoms with Crippen molar-refractivity contribution in [1.82, 2.24) is 4.72 Å². The smallest absolute Gasteiger partial charge is 0.322 e. The molecule has 0 aliphatic rings. The lowest BCUT2D eigenvalue weighted by atomic mass is 10.1. The van der Waals surface area contributed by atoms with E-state index in [9.17, 15) is 18.3 Å². The summed E-state index contributed by atoms with van der Waals surface area (Å²) in [6.45, 7) is 2.30. The van der Waals surface area contributed by atoms with Gasteiger partial charge in [0.2, 0.25) is 10.0 Å². The third-order valence-electron chi connectivity index (χ3n) is 3.32. The van der Waals surface area contributed by atoms with E-state index in [1.165, 1.54) is 24.3 Å². The van der Waals surface area contributed by atoms with Crippen LogP contribution in [0.2, 0.25) is 0 Å². The van der Waals surface area contributed by atoms with Crippen LogP contribution in [0.15, 0.2) is 59.5 Å². The van der Waals surface area contributed by atoms with Crippen molar-refractivity contribution < 1.29 is 23.1 Å². The van der Waals surface area contributed by atoms with Gasteiger partial charge in [0.25, 0.3) is 0 Å². The lowest BCUT2D eigenvalue weighted by molar-refractivity contribution is -0.138. The molecule has 24 heavy (non-hydrogen) atoms. The molecule has 1 atom stereocenters. The zero-order valence-electron chi connectivity index (χ0n) is 13.2. The van der Waals surface area contributed by atoms with E-state index in [2.05, 4.69) is 4.72 Å². The van der Waals surface area contributed by atoms with Crippen LogP contribution >= 0.6 is 0 Å². The van der Waals surface area contributed by atoms with Crippen molar-refractivity contribution in [2.45, 2.75) is 24.3 Å². The molecule has 0 aromatic heterocycles. The molecule has 0 fully saturated rings. The number of benzene rings is 2. The Balaban J connectivity index is 2.16. The first-order valence-electron chi connectivity index (χ1n) is 7.44. The topological polar surface area (TPSA) is 92.7 Å². The summed E-state index contributed by atoms with van der Waals surface area (Å²) in [6.07, 6.45) is 0.0619. The van der Waals surface area contributed by atoms with Crippen molar-refractivity contribution in [2.75, 3.05) is 6.61 Å². The minimum atomic E-state index is -3.94. The second kappa shape index (κ2) is 7.94. The van der Waals surface area contributed by atoms with Crippen LogP contribution in [0.1, 0.15) is 12.5 Å². The Morgan fingerprint density at radius 2 is 1.75 bits per heavy atom. The van der Waals surface area contributed by atoms with Crippen molar-refractivity contribution in [3.8, 4) is 5.75 Å². The van der Waals surface area contributed by atoms with Gasteiger partial charge in [0.05, 0.1) is 11.5 Å². The monoisotopic (exact) mass is 349 g/mol. The highest BCUT2D eigenvalue weighted by molar-refractivity contribution is 7.89. The SMILES string of the molecule is CCOc1ccc(S(=O)(=O)N[C@H](Cc2ccccc2)C(=O)O)cc1. The van der Waals surface area contributed by atoms with Crippen LogP contribution in [0, 0.1) is 0 Å². The number of ether oxygens (including phenoxy) is 1. The van der Waals surface area contributed by atoms with Gasteiger partial charge in [-0.25, -0.2) is 8.42 Å². The third-order valence-corrected chi connectivity index (χ3v) is 4.81. The molecule has 0 saturated heterocycles. The number of nitrogens with one attached hydrogen (secondary N) is 1. The summed E-state index contributed by atoms with van der Waals surface area (Å²) in [6, 6.07) is 13.4. The van der Waals surface area contributed by atoms with Gasteiger partial charge in [0.1, 0.15) is 11.8 Å². The van der Waals surface area contributed by atoms with Crippen LogP contribution in [-0.2, 0) is 21.2 Å². The Bertz CT molecular complexity index is 772. The molecule has 0 radical (unpaired) electrons. The maximum Gasteiger partial charge on any atom is 0.322 e. The first kappa shape index (κ1) is 18.0. The van der Waals surface area contributed by atoms with Crippen LogP contribution in [0.25, 0.3) is 0 Å². The summed E-state index contributed by atoms with van der Waals surface area (Å²) in [5.41, 5.74) is 0.735. The van der Waals surface area contributed by atoms with Gasteiger partial charge in [0, 0.05) is 0 Å². The molecule has 2 rings (SSSR count). The number of aliphatic carboxylic acids is 1. The largest absolute Gasteiger partial charge is 0.494 e. The Morgan fingerprint density at radius 3 is 2.29 bits per heavy atom. The average Bonchev–Trinajstić information content (AvgIpc) is 2.56. The average molecular weight is 349 g/mol. The van der Waals surface area contributed by atoms with Gasteiger partial charge in [0.15, 0.2) is 0 Å². The number of carbonyl (C=O) groups is 1. The van der Waals surface area contributed by atoms with Crippen LogP contribution in [0.3, 0.4) is 0 Å². The highest BCUT2D eigenvalue weighted by atomic mass is 32.2. The van der Waals surface area contributed by atoms with Crippen molar-refractivity contribution in [1.29, 1.82) is 0 Å². The van der Waals surface area contributed by atoms with Gasteiger partial charge in [-0.05, 0) is 43.2 Å². The third kappa shape index (κ3) is 4.81. The van der Waals surface area contributed by atoms with Gasteiger partial charge < -0.3 is 9.84 Å². The molecule has 0 amide bonds. The molecule has 7 heteroatoms. The lowest BCUT2D eigenvalue weighted by Crippen LogP contribution is -2.42. The molecule has 2 aromatic carbocycles. The first-order valence-corrected chi connectivity index (χ1v) is 8.92. The second-order valence-corrected chi connectivity index (χ2v) is 6.82.